The number of nitriles is 1. The predicted molar refractivity (Wildman–Crippen MR) is 82.4 cm³/mol. The highest BCUT2D eigenvalue weighted by molar-refractivity contribution is 9.11. The number of rotatable bonds is 3. The van der Waals surface area contributed by atoms with Crippen LogP contribution in [0.5, 0.6) is 0 Å². The summed E-state index contributed by atoms with van der Waals surface area (Å²) >= 11 is 8.09. The summed E-state index contributed by atoms with van der Waals surface area (Å²) in [7, 11) is -3.72. The molecular formula is C11H10Br2N2O2S2. The molecule has 0 aromatic heterocycles. The average Bonchev–Trinajstić information content (AvgIpc) is 2.77. The number of nitrogens with zero attached hydrogens (tertiary/aromatic N) is 1. The molecule has 4 nitrogen and oxygen atoms in total. The van der Waals surface area contributed by atoms with Gasteiger partial charge in [0.15, 0.2) is 0 Å². The summed E-state index contributed by atoms with van der Waals surface area (Å²) < 4.78 is 28.5. The molecule has 0 saturated carbocycles. The van der Waals surface area contributed by atoms with E-state index in [9.17, 15) is 13.7 Å². The Hall–Kier alpha value is -0.0700. The van der Waals surface area contributed by atoms with E-state index in [4.69, 9.17) is 0 Å². The van der Waals surface area contributed by atoms with E-state index in [1.165, 1.54) is 6.07 Å². The van der Waals surface area contributed by atoms with E-state index in [0.717, 1.165) is 10.2 Å². The maximum Gasteiger partial charge on any atom is 0.243 e. The molecule has 1 aromatic rings. The molecule has 1 fully saturated rings. The number of sulfonamides is 1. The Morgan fingerprint density at radius 3 is 2.68 bits per heavy atom. The Kier molecular flexibility index (Phi) is 4.63. The second-order valence-corrected chi connectivity index (χ2v) is 8.70. The van der Waals surface area contributed by atoms with Gasteiger partial charge >= 0.3 is 0 Å². The number of thioether (sulfide) groups is 1. The average molecular weight is 426 g/mol. The quantitative estimate of drug-likeness (QED) is 0.808. The molecule has 1 aliphatic rings. The van der Waals surface area contributed by atoms with Crippen LogP contribution in [0.4, 0.5) is 0 Å². The number of hydrogen-bond acceptors (Lipinski definition) is 4. The van der Waals surface area contributed by atoms with Gasteiger partial charge in [-0.2, -0.15) is 21.7 Å². The zero-order valence-electron chi connectivity index (χ0n) is 9.69. The van der Waals surface area contributed by atoms with Crippen molar-refractivity contribution in [2.24, 2.45) is 0 Å². The van der Waals surface area contributed by atoms with Crippen molar-refractivity contribution >= 4 is 53.6 Å². The largest absolute Gasteiger partial charge is 0.243 e. The fraction of sp³-hybridized carbons (Fsp3) is 0.364. The molecule has 0 amide bonds. The van der Waals surface area contributed by atoms with Crippen LogP contribution in [0.15, 0.2) is 32.0 Å². The highest BCUT2D eigenvalue weighted by Gasteiger charge is 2.39. The summed E-state index contributed by atoms with van der Waals surface area (Å²) in [6, 6.07) is 6.92. The lowest BCUT2D eigenvalue weighted by atomic mass is 10.0. The molecule has 2 rings (SSSR count). The molecular weight excluding hydrogens is 416 g/mol. The smallest absolute Gasteiger partial charge is 0.207 e. The van der Waals surface area contributed by atoms with Gasteiger partial charge in [-0.1, -0.05) is 15.9 Å². The first kappa shape index (κ1) is 15.3. The van der Waals surface area contributed by atoms with Crippen LogP contribution in [0.2, 0.25) is 0 Å². The topological polar surface area (TPSA) is 70.0 Å². The van der Waals surface area contributed by atoms with E-state index in [1.807, 2.05) is 0 Å². The lowest BCUT2D eigenvalue weighted by Gasteiger charge is -2.21. The minimum Gasteiger partial charge on any atom is -0.207 e. The maximum absolute atomic E-state index is 12.4. The lowest BCUT2D eigenvalue weighted by molar-refractivity contribution is 0.514. The van der Waals surface area contributed by atoms with E-state index < -0.39 is 15.6 Å². The van der Waals surface area contributed by atoms with Crippen molar-refractivity contribution in [3.63, 3.8) is 0 Å². The summed E-state index contributed by atoms with van der Waals surface area (Å²) in [5.41, 5.74) is -0.990. The van der Waals surface area contributed by atoms with Crippen LogP contribution in [0.1, 0.15) is 6.42 Å². The summed E-state index contributed by atoms with van der Waals surface area (Å²) in [4.78, 5) is 0.141. The zero-order valence-corrected chi connectivity index (χ0v) is 14.5. The van der Waals surface area contributed by atoms with Crippen LogP contribution in [0.3, 0.4) is 0 Å². The van der Waals surface area contributed by atoms with Crippen molar-refractivity contribution in [1.82, 2.24) is 4.72 Å². The van der Waals surface area contributed by atoms with Gasteiger partial charge in [-0.15, -0.1) is 0 Å². The first-order valence-corrected chi connectivity index (χ1v) is 9.59. The van der Waals surface area contributed by atoms with Crippen molar-refractivity contribution < 1.29 is 8.42 Å². The molecule has 102 valence electrons. The molecule has 0 bridgehead atoms. The van der Waals surface area contributed by atoms with Crippen molar-refractivity contribution in [2.75, 3.05) is 11.5 Å². The van der Waals surface area contributed by atoms with Gasteiger partial charge in [0.25, 0.3) is 0 Å². The van der Waals surface area contributed by atoms with E-state index >= 15 is 0 Å². The molecule has 1 heterocycles. The van der Waals surface area contributed by atoms with E-state index in [2.05, 4.69) is 42.7 Å². The van der Waals surface area contributed by atoms with Crippen molar-refractivity contribution in [1.29, 1.82) is 5.26 Å². The lowest BCUT2D eigenvalue weighted by Crippen LogP contribution is -2.47. The zero-order chi connectivity index (χ0) is 14.1. The number of nitrogens with one attached hydrogen (secondary N) is 1. The molecule has 1 aromatic carbocycles. The summed E-state index contributed by atoms with van der Waals surface area (Å²) in [5, 5.41) is 9.23. The highest BCUT2D eigenvalue weighted by Crippen LogP contribution is 2.31. The second-order valence-electron chi connectivity index (χ2n) is 4.18. The van der Waals surface area contributed by atoms with Gasteiger partial charge in [-0.25, -0.2) is 8.42 Å². The van der Waals surface area contributed by atoms with E-state index in [1.54, 1.807) is 23.9 Å². The standard InChI is InChI=1S/C11H10Br2N2O2S2/c12-8-1-2-10(9(13)5-8)19(16,17)15-11(6-14)3-4-18-7-11/h1-2,5,15H,3-4,7H2/t11-/m0/s1. The van der Waals surface area contributed by atoms with E-state index in [0.29, 0.717) is 16.6 Å². The molecule has 0 unspecified atom stereocenters. The van der Waals surface area contributed by atoms with Crippen LogP contribution >= 0.6 is 43.6 Å². The third-order valence-corrected chi connectivity index (χ3v) is 6.94. The molecule has 0 spiro atoms. The number of halogens is 2. The van der Waals surface area contributed by atoms with Crippen LogP contribution in [-0.2, 0) is 10.0 Å². The fourth-order valence-corrected chi connectivity index (χ4v) is 6.21. The minimum absolute atomic E-state index is 0.141. The normalized spacial score (nSPS) is 23.2. The van der Waals surface area contributed by atoms with Gasteiger partial charge in [0, 0.05) is 14.7 Å². The van der Waals surface area contributed by atoms with Crippen LogP contribution in [0, 0.1) is 11.3 Å². The second kappa shape index (κ2) is 5.74. The maximum atomic E-state index is 12.4. The third-order valence-electron chi connectivity index (χ3n) is 2.75. The monoisotopic (exact) mass is 424 g/mol. The molecule has 0 aliphatic carbocycles. The third kappa shape index (κ3) is 3.34. The Morgan fingerprint density at radius 1 is 1.42 bits per heavy atom. The predicted octanol–water partition coefficient (Wildman–Crippen LogP) is 2.89. The SMILES string of the molecule is N#C[C@@]1(NS(=O)(=O)c2ccc(Br)cc2Br)CCSC1. The molecule has 1 atom stereocenters. The molecule has 1 saturated heterocycles. The first-order chi connectivity index (χ1) is 8.88. The number of hydrogen-bond donors (Lipinski definition) is 1. The highest BCUT2D eigenvalue weighted by atomic mass is 79.9. The van der Waals surface area contributed by atoms with Gasteiger partial charge in [-0.05, 0) is 46.3 Å². The van der Waals surface area contributed by atoms with Crippen molar-refractivity contribution in [2.45, 2.75) is 16.9 Å². The minimum atomic E-state index is -3.72. The number of benzene rings is 1. The van der Waals surface area contributed by atoms with Gasteiger partial charge < -0.3 is 0 Å². The van der Waals surface area contributed by atoms with Crippen LogP contribution < -0.4 is 4.72 Å². The fourth-order valence-electron chi connectivity index (χ4n) is 1.76. The summed E-state index contributed by atoms with van der Waals surface area (Å²) in [6.07, 6.45) is 0.529. The van der Waals surface area contributed by atoms with Crippen molar-refractivity contribution in [3.05, 3.63) is 27.1 Å². The van der Waals surface area contributed by atoms with Gasteiger partial charge in [0.1, 0.15) is 5.54 Å². The van der Waals surface area contributed by atoms with Crippen LogP contribution in [-0.4, -0.2) is 25.5 Å². The molecule has 1 N–H and O–H groups in total. The molecule has 0 radical (unpaired) electrons. The van der Waals surface area contributed by atoms with Crippen LogP contribution in [0.25, 0.3) is 0 Å². The Labute approximate surface area is 133 Å². The summed E-state index contributed by atoms with van der Waals surface area (Å²) in [6.45, 7) is 0. The van der Waals surface area contributed by atoms with Gasteiger partial charge in [0.2, 0.25) is 10.0 Å². The van der Waals surface area contributed by atoms with Gasteiger partial charge in [0.05, 0.1) is 11.0 Å². The molecule has 19 heavy (non-hydrogen) atoms. The Morgan fingerprint density at radius 2 is 2.16 bits per heavy atom. The van der Waals surface area contributed by atoms with Crippen molar-refractivity contribution in [3.8, 4) is 6.07 Å². The molecule has 8 heteroatoms. The summed E-state index contributed by atoms with van der Waals surface area (Å²) in [5.74, 6) is 1.27. The first-order valence-electron chi connectivity index (χ1n) is 5.37. The Bertz CT molecular complexity index is 635. The molecule has 1 aliphatic heterocycles. The van der Waals surface area contributed by atoms with E-state index in [-0.39, 0.29) is 4.90 Å². The Balaban J connectivity index is 2.35. The van der Waals surface area contributed by atoms with Gasteiger partial charge in [-0.3, -0.25) is 0 Å².